The summed E-state index contributed by atoms with van der Waals surface area (Å²) in [6.45, 7) is 1.63. The SMILES string of the molecule is O=CC=Cc1ccc(CCCCOC2CCCCO2)cc1. The second-order valence-electron chi connectivity index (χ2n) is 5.36. The van der Waals surface area contributed by atoms with Crippen molar-refractivity contribution < 1.29 is 14.3 Å². The number of carbonyl (C=O) groups is 1. The Morgan fingerprint density at radius 1 is 1.19 bits per heavy atom. The van der Waals surface area contributed by atoms with E-state index in [1.807, 2.05) is 18.2 Å². The summed E-state index contributed by atoms with van der Waals surface area (Å²) in [4.78, 5) is 10.3. The normalized spacial score (nSPS) is 19.0. The van der Waals surface area contributed by atoms with Gasteiger partial charge in [0, 0.05) is 13.2 Å². The molecule has 1 fully saturated rings. The topological polar surface area (TPSA) is 35.5 Å². The van der Waals surface area contributed by atoms with Crippen molar-refractivity contribution in [3.05, 3.63) is 41.5 Å². The van der Waals surface area contributed by atoms with E-state index in [-0.39, 0.29) is 6.29 Å². The van der Waals surface area contributed by atoms with Gasteiger partial charge in [-0.05, 0) is 55.7 Å². The molecule has 0 aliphatic carbocycles. The highest BCUT2D eigenvalue weighted by atomic mass is 16.7. The van der Waals surface area contributed by atoms with Crippen LogP contribution < -0.4 is 0 Å². The maximum absolute atomic E-state index is 10.3. The van der Waals surface area contributed by atoms with E-state index in [4.69, 9.17) is 9.47 Å². The summed E-state index contributed by atoms with van der Waals surface area (Å²) in [5, 5.41) is 0. The average molecular weight is 288 g/mol. The molecule has 1 aromatic carbocycles. The summed E-state index contributed by atoms with van der Waals surface area (Å²) in [6.07, 6.45) is 10.8. The number of aldehydes is 1. The van der Waals surface area contributed by atoms with Crippen molar-refractivity contribution in [2.75, 3.05) is 13.2 Å². The molecule has 114 valence electrons. The summed E-state index contributed by atoms with van der Waals surface area (Å²) < 4.78 is 11.3. The Labute approximate surface area is 127 Å². The number of hydrogen-bond acceptors (Lipinski definition) is 3. The molecule has 0 saturated carbocycles. The molecule has 0 radical (unpaired) electrons. The number of hydrogen-bond donors (Lipinski definition) is 0. The fourth-order valence-corrected chi connectivity index (χ4v) is 2.43. The first-order valence-electron chi connectivity index (χ1n) is 7.82. The lowest BCUT2D eigenvalue weighted by molar-refractivity contribution is -0.162. The number of benzene rings is 1. The van der Waals surface area contributed by atoms with Gasteiger partial charge >= 0.3 is 0 Å². The Kier molecular flexibility index (Phi) is 7.19. The second kappa shape index (κ2) is 9.48. The van der Waals surface area contributed by atoms with Crippen LogP contribution in [0.1, 0.15) is 43.2 Å². The molecular formula is C18H24O3. The fraction of sp³-hybridized carbons (Fsp3) is 0.500. The van der Waals surface area contributed by atoms with Gasteiger partial charge in [-0.1, -0.05) is 30.3 Å². The minimum absolute atomic E-state index is 0.0302. The first-order valence-corrected chi connectivity index (χ1v) is 7.82. The molecule has 1 unspecified atom stereocenters. The first kappa shape index (κ1) is 15.9. The van der Waals surface area contributed by atoms with E-state index in [1.165, 1.54) is 18.1 Å². The van der Waals surface area contributed by atoms with Gasteiger partial charge < -0.3 is 9.47 Å². The maximum Gasteiger partial charge on any atom is 0.157 e. The van der Waals surface area contributed by atoms with Gasteiger partial charge in [0.15, 0.2) is 6.29 Å². The van der Waals surface area contributed by atoms with Crippen molar-refractivity contribution in [2.45, 2.75) is 44.8 Å². The van der Waals surface area contributed by atoms with Gasteiger partial charge in [0.2, 0.25) is 0 Å². The summed E-state index contributed by atoms with van der Waals surface area (Å²) in [6, 6.07) is 8.33. The Morgan fingerprint density at radius 2 is 2.05 bits per heavy atom. The molecule has 1 aromatic rings. The van der Waals surface area contributed by atoms with Gasteiger partial charge in [-0.25, -0.2) is 0 Å². The Bertz CT molecular complexity index is 430. The largest absolute Gasteiger partial charge is 0.353 e. The van der Waals surface area contributed by atoms with Crippen LogP contribution in [0.4, 0.5) is 0 Å². The molecule has 0 N–H and O–H groups in total. The minimum atomic E-state index is 0.0302. The molecule has 0 amide bonds. The predicted octanol–water partition coefficient (Wildman–Crippen LogP) is 3.76. The molecule has 0 bridgehead atoms. The van der Waals surface area contributed by atoms with Crippen LogP contribution in [0, 0.1) is 0 Å². The van der Waals surface area contributed by atoms with Gasteiger partial charge in [-0.15, -0.1) is 0 Å². The van der Waals surface area contributed by atoms with Crippen LogP contribution in [0.15, 0.2) is 30.3 Å². The van der Waals surface area contributed by atoms with Gasteiger partial charge in [-0.3, -0.25) is 4.79 Å². The minimum Gasteiger partial charge on any atom is -0.353 e. The summed E-state index contributed by atoms with van der Waals surface area (Å²) in [5.74, 6) is 0. The van der Waals surface area contributed by atoms with Crippen LogP contribution in [-0.4, -0.2) is 25.8 Å². The maximum atomic E-state index is 10.3. The standard InChI is InChI=1S/C18H24O3/c19-13-5-7-17-11-9-16(10-12-17)6-1-3-14-20-18-8-2-4-15-21-18/h5,7,9-13,18H,1-4,6,8,14-15H2. The van der Waals surface area contributed by atoms with E-state index in [1.54, 1.807) is 0 Å². The lowest BCUT2D eigenvalue weighted by Crippen LogP contribution is -2.22. The Balaban J connectivity index is 1.59. The van der Waals surface area contributed by atoms with Crippen LogP contribution in [-0.2, 0) is 20.7 Å². The number of ether oxygens (including phenoxy) is 2. The van der Waals surface area contributed by atoms with E-state index in [2.05, 4.69) is 12.1 Å². The molecule has 1 aliphatic heterocycles. The zero-order valence-electron chi connectivity index (χ0n) is 12.5. The molecule has 1 heterocycles. The van der Waals surface area contributed by atoms with Crippen LogP contribution in [0.2, 0.25) is 0 Å². The van der Waals surface area contributed by atoms with Crippen LogP contribution >= 0.6 is 0 Å². The molecule has 0 aromatic heterocycles. The third-order valence-corrected chi connectivity index (χ3v) is 3.65. The van der Waals surface area contributed by atoms with Crippen molar-refractivity contribution in [3.8, 4) is 0 Å². The van der Waals surface area contributed by atoms with Gasteiger partial charge in [0.1, 0.15) is 6.29 Å². The summed E-state index contributed by atoms with van der Waals surface area (Å²) in [7, 11) is 0. The third kappa shape index (κ3) is 6.23. The molecule has 3 nitrogen and oxygen atoms in total. The van der Waals surface area contributed by atoms with Crippen molar-refractivity contribution in [2.24, 2.45) is 0 Å². The lowest BCUT2D eigenvalue weighted by atomic mass is 10.1. The quantitative estimate of drug-likeness (QED) is 0.415. The van der Waals surface area contributed by atoms with Gasteiger partial charge in [-0.2, -0.15) is 0 Å². The third-order valence-electron chi connectivity index (χ3n) is 3.65. The Hall–Kier alpha value is -1.45. The van der Waals surface area contributed by atoms with E-state index < -0.39 is 0 Å². The summed E-state index contributed by atoms with van der Waals surface area (Å²) in [5.41, 5.74) is 2.39. The van der Waals surface area contributed by atoms with Crippen LogP contribution in [0.3, 0.4) is 0 Å². The van der Waals surface area contributed by atoms with Gasteiger partial charge in [0.25, 0.3) is 0 Å². The number of rotatable bonds is 8. The Morgan fingerprint density at radius 3 is 2.76 bits per heavy atom. The van der Waals surface area contributed by atoms with Crippen molar-refractivity contribution in [3.63, 3.8) is 0 Å². The number of aryl methyl sites for hydroxylation is 1. The smallest absolute Gasteiger partial charge is 0.157 e. The van der Waals surface area contributed by atoms with Gasteiger partial charge in [0.05, 0.1) is 0 Å². The van der Waals surface area contributed by atoms with E-state index in [0.29, 0.717) is 0 Å². The second-order valence-corrected chi connectivity index (χ2v) is 5.36. The average Bonchev–Trinajstić information content (AvgIpc) is 2.55. The van der Waals surface area contributed by atoms with Crippen LogP contribution in [0.25, 0.3) is 6.08 Å². The number of unbranched alkanes of at least 4 members (excludes halogenated alkanes) is 1. The molecule has 1 aliphatic rings. The fourth-order valence-electron chi connectivity index (χ4n) is 2.43. The number of allylic oxidation sites excluding steroid dienone is 1. The zero-order chi connectivity index (χ0) is 14.8. The molecule has 1 atom stereocenters. The van der Waals surface area contributed by atoms with Crippen LogP contribution in [0.5, 0.6) is 0 Å². The van der Waals surface area contributed by atoms with E-state index in [0.717, 1.165) is 57.2 Å². The first-order chi connectivity index (χ1) is 10.4. The monoisotopic (exact) mass is 288 g/mol. The highest BCUT2D eigenvalue weighted by Crippen LogP contribution is 2.14. The lowest BCUT2D eigenvalue weighted by Gasteiger charge is -2.22. The predicted molar refractivity (Wildman–Crippen MR) is 84.0 cm³/mol. The molecular weight excluding hydrogens is 264 g/mol. The molecule has 0 spiro atoms. The van der Waals surface area contributed by atoms with E-state index in [9.17, 15) is 4.79 Å². The highest BCUT2D eigenvalue weighted by Gasteiger charge is 2.13. The van der Waals surface area contributed by atoms with Crippen molar-refractivity contribution >= 4 is 12.4 Å². The molecule has 1 saturated heterocycles. The molecule has 3 heteroatoms. The highest BCUT2D eigenvalue weighted by molar-refractivity contribution is 5.73. The molecule has 21 heavy (non-hydrogen) atoms. The summed E-state index contributed by atoms with van der Waals surface area (Å²) >= 11 is 0. The zero-order valence-corrected chi connectivity index (χ0v) is 12.5. The van der Waals surface area contributed by atoms with Crippen molar-refractivity contribution in [1.29, 1.82) is 0 Å². The van der Waals surface area contributed by atoms with Crippen molar-refractivity contribution in [1.82, 2.24) is 0 Å². The number of carbonyl (C=O) groups excluding carboxylic acids is 1. The molecule has 2 rings (SSSR count). The van der Waals surface area contributed by atoms with E-state index >= 15 is 0 Å².